The Morgan fingerprint density at radius 2 is 2.14 bits per heavy atom. The monoisotopic (exact) mass is 286 g/mol. The second-order valence-electron chi connectivity index (χ2n) is 3.12. The van der Waals surface area contributed by atoms with E-state index in [0.717, 1.165) is 6.42 Å². The fourth-order valence-corrected chi connectivity index (χ4v) is 3.96. The predicted molar refractivity (Wildman–Crippen MR) is 70.7 cm³/mol. The van der Waals surface area contributed by atoms with Gasteiger partial charge in [0.2, 0.25) is 0 Å². The van der Waals surface area contributed by atoms with E-state index in [-0.39, 0.29) is 0 Å². The number of hydrogen-bond donors (Lipinski definition) is 0. The maximum Gasteiger partial charge on any atom is 0.0711 e. The molecule has 1 aromatic carbocycles. The van der Waals surface area contributed by atoms with Gasteiger partial charge in [-0.05, 0) is 51.7 Å². The molecule has 0 amide bonds. The SMILES string of the molecule is CCc1cc(SC)c2sc(Br)cc2c1. The first-order chi connectivity index (χ1) is 6.74. The minimum Gasteiger partial charge on any atom is -0.128 e. The smallest absolute Gasteiger partial charge is 0.0711 e. The number of rotatable bonds is 2. The average Bonchev–Trinajstić information content (AvgIpc) is 2.56. The molecule has 0 aliphatic heterocycles. The molecule has 2 rings (SSSR count). The van der Waals surface area contributed by atoms with Crippen molar-refractivity contribution in [2.75, 3.05) is 6.26 Å². The van der Waals surface area contributed by atoms with Crippen molar-refractivity contribution >= 4 is 49.1 Å². The number of fused-ring (bicyclic) bond motifs is 1. The van der Waals surface area contributed by atoms with Crippen molar-refractivity contribution in [2.24, 2.45) is 0 Å². The van der Waals surface area contributed by atoms with Crippen molar-refractivity contribution in [3.05, 3.63) is 27.5 Å². The fraction of sp³-hybridized carbons (Fsp3) is 0.273. The lowest BCUT2D eigenvalue weighted by Crippen LogP contribution is -1.80. The normalized spacial score (nSPS) is 11.1. The molecule has 0 bridgehead atoms. The van der Waals surface area contributed by atoms with Crippen LogP contribution in [0.5, 0.6) is 0 Å². The Balaban J connectivity index is 2.72. The van der Waals surface area contributed by atoms with Crippen molar-refractivity contribution in [1.82, 2.24) is 0 Å². The van der Waals surface area contributed by atoms with Gasteiger partial charge in [0.15, 0.2) is 0 Å². The third-order valence-corrected chi connectivity index (χ3v) is 4.82. The van der Waals surface area contributed by atoms with Crippen molar-refractivity contribution in [1.29, 1.82) is 0 Å². The van der Waals surface area contributed by atoms with E-state index in [9.17, 15) is 0 Å². The summed E-state index contributed by atoms with van der Waals surface area (Å²) in [6.45, 7) is 2.20. The van der Waals surface area contributed by atoms with Crippen LogP contribution in [0.15, 0.2) is 26.9 Å². The van der Waals surface area contributed by atoms with E-state index >= 15 is 0 Å². The highest BCUT2D eigenvalue weighted by molar-refractivity contribution is 9.11. The Bertz CT molecular complexity index is 460. The number of hydrogen-bond acceptors (Lipinski definition) is 2. The van der Waals surface area contributed by atoms with E-state index in [2.05, 4.69) is 47.3 Å². The molecular weight excluding hydrogens is 276 g/mol. The van der Waals surface area contributed by atoms with Crippen molar-refractivity contribution < 1.29 is 0 Å². The zero-order valence-corrected chi connectivity index (χ0v) is 11.4. The van der Waals surface area contributed by atoms with Crippen LogP contribution in [0, 0.1) is 0 Å². The lowest BCUT2D eigenvalue weighted by atomic mass is 10.1. The summed E-state index contributed by atoms with van der Waals surface area (Å²) in [5.74, 6) is 0. The molecule has 0 spiro atoms. The topological polar surface area (TPSA) is 0 Å². The fourth-order valence-electron chi connectivity index (χ4n) is 1.50. The van der Waals surface area contributed by atoms with Gasteiger partial charge in [0.05, 0.1) is 3.79 Å². The van der Waals surface area contributed by atoms with E-state index in [1.165, 1.54) is 24.3 Å². The van der Waals surface area contributed by atoms with Gasteiger partial charge in [-0.25, -0.2) is 0 Å². The molecule has 74 valence electrons. The minimum absolute atomic E-state index is 1.11. The molecule has 0 aliphatic carbocycles. The first-order valence-corrected chi connectivity index (χ1v) is 7.34. The van der Waals surface area contributed by atoms with Crippen LogP contribution < -0.4 is 0 Å². The standard InChI is InChI=1S/C11H11BrS2/c1-3-7-4-8-6-10(12)14-11(8)9(5-7)13-2/h4-6H,3H2,1-2H3. The number of thioether (sulfide) groups is 1. The van der Waals surface area contributed by atoms with Crippen LogP contribution in [0.25, 0.3) is 10.1 Å². The summed E-state index contributed by atoms with van der Waals surface area (Å²) in [5, 5.41) is 1.37. The lowest BCUT2D eigenvalue weighted by molar-refractivity contribution is 1.14. The molecule has 0 atom stereocenters. The molecule has 0 saturated heterocycles. The number of benzene rings is 1. The van der Waals surface area contributed by atoms with Crippen LogP contribution in [0.2, 0.25) is 0 Å². The van der Waals surface area contributed by atoms with Crippen LogP contribution in [0.1, 0.15) is 12.5 Å². The molecule has 0 aliphatic rings. The number of thiophene rings is 1. The average molecular weight is 287 g/mol. The van der Waals surface area contributed by atoms with Crippen LogP contribution >= 0.6 is 39.0 Å². The predicted octanol–water partition coefficient (Wildman–Crippen LogP) is 4.95. The highest BCUT2D eigenvalue weighted by Gasteiger charge is 2.06. The van der Waals surface area contributed by atoms with Crippen LogP contribution in [-0.4, -0.2) is 6.26 Å². The van der Waals surface area contributed by atoms with Gasteiger partial charge < -0.3 is 0 Å². The lowest BCUT2D eigenvalue weighted by Gasteiger charge is -2.02. The largest absolute Gasteiger partial charge is 0.128 e. The Kier molecular flexibility index (Phi) is 3.20. The highest BCUT2D eigenvalue weighted by atomic mass is 79.9. The van der Waals surface area contributed by atoms with Gasteiger partial charge in [-0.15, -0.1) is 23.1 Å². The summed E-state index contributed by atoms with van der Waals surface area (Å²) in [6, 6.07) is 6.80. The van der Waals surface area contributed by atoms with Gasteiger partial charge in [0.25, 0.3) is 0 Å². The molecule has 14 heavy (non-hydrogen) atoms. The molecule has 0 nitrogen and oxygen atoms in total. The van der Waals surface area contributed by atoms with Crippen LogP contribution in [-0.2, 0) is 6.42 Å². The Hall–Kier alpha value is 0.01000. The quantitative estimate of drug-likeness (QED) is 0.704. The maximum atomic E-state index is 3.54. The van der Waals surface area contributed by atoms with Gasteiger partial charge in [-0.1, -0.05) is 13.0 Å². The highest BCUT2D eigenvalue weighted by Crippen LogP contribution is 2.37. The van der Waals surface area contributed by atoms with Gasteiger partial charge in [-0.2, -0.15) is 0 Å². The van der Waals surface area contributed by atoms with Gasteiger partial charge in [0.1, 0.15) is 0 Å². The molecule has 1 heterocycles. The summed E-state index contributed by atoms with van der Waals surface area (Å²) >= 11 is 7.19. The summed E-state index contributed by atoms with van der Waals surface area (Å²) in [6.07, 6.45) is 3.25. The van der Waals surface area contributed by atoms with Crippen LogP contribution in [0.4, 0.5) is 0 Å². The van der Waals surface area contributed by atoms with Gasteiger partial charge >= 0.3 is 0 Å². The van der Waals surface area contributed by atoms with Crippen molar-refractivity contribution in [3.63, 3.8) is 0 Å². The van der Waals surface area contributed by atoms with Crippen molar-refractivity contribution in [3.8, 4) is 0 Å². The molecule has 0 N–H and O–H groups in total. The van der Waals surface area contributed by atoms with E-state index < -0.39 is 0 Å². The van der Waals surface area contributed by atoms with E-state index in [0.29, 0.717) is 0 Å². The Morgan fingerprint density at radius 1 is 1.36 bits per heavy atom. The second-order valence-corrected chi connectivity index (χ2v) is 6.40. The third-order valence-electron chi connectivity index (χ3n) is 2.24. The summed E-state index contributed by atoms with van der Waals surface area (Å²) in [4.78, 5) is 1.40. The zero-order valence-electron chi connectivity index (χ0n) is 8.13. The molecule has 0 saturated carbocycles. The second kappa shape index (κ2) is 4.25. The summed E-state index contributed by atoms with van der Waals surface area (Å²) in [7, 11) is 0. The molecule has 0 fully saturated rings. The third kappa shape index (κ3) is 1.86. The summed E-state index contributed by atoms with van der Waals surface area (Å²) < 4.78 is 2.62. The Morgan fingerprint density at radius 3 is 2.79 bits per heavy atom. The molecule has 3 heteroatoms. The van der Waals surface area contributed by atoms with Crippen molar-refractivity contribution in [2.45, 2.75) is 18.2 Å². The maximum absolute atomic E-state index is 3.54. The number of aryl methyl sites for hydroxylation is 1. The van der Waals surface area contributed by atoms with Gasteiger partial charge in [0, 0.05) is 9.60 Å². The first-order valence-electron chi connectivity index (χ1n) is 4.50. The van der Waals surface area contributed by atoms with Gasteiger partial charge in [-0.3, -0.25) is 0 Å². The minimum atomic E-state index is 1.11. The summed E-state index contributed by atoms with van der Waals surface area (Å²) in [5.41, 5.74) is 1.42. The molecule has 0 unspecified atom stereocenters. The molecular formula is C11H11BrS2. The zero-order chi connectivity index (χ0) is 10.1. The van der Waals surface area contributed by atoms with Crippen LogP contribution in [0.3, 0.4) is 0 Å². The van der Waals surface area contributed by atoms with E-state index in [1.54, 1.807) is 0 Å². The van der Waals surface area contributed by atoms with E-state index in [1.807, 2.05) is 23.1 Å². The molecule has 0 radical (unpaired) electrons. The molecule has 1 aromatic heterocycles. The molecule has 2 aromatic rings. The first kappa shape index (κ1) is 10.5. The number of halogens is 1. The Labute approximate surface area is 101 Å². The van der Waals surface area contributed by atoms with E-state index in [4.69, 9.17) is 0 Å².